The molecule has 0 saturated heterocycles. The van der Waals surface area contributed by atoms with E-state index in [2.05, 4.69) is 13.8 Å². The van der Waals surface area contributed by atoms with Crippen molar-refractivity contribution in [2.75, 3.05) is 0 Å². The van der Waals surface area contributed by atoms with Crippen LogP contribution in [0.4, 0.5) is 0 Å². The third-order valence-electron chi connectivity index (χ3n) is 6.03. The highest BCUT2D eigenvalue weighted by atomic mass is 16.3. The SMILES string of the molecule is CCCC1CCCC(O)(C2CCCCC2CC)CC1. The Morgan fingerprint density at radius 3 is 2.47 bits per heavy atom. The van der Waals surface area contributed by atoms with E-state index in [1.165, 1.54) is 64.2 Å². The molecule has 0 aromatic heterocycles. The van der Waals surface area contributed by atoms with Gasteiger partial charge < -0.3 is 5.11 Å². The van der Waals surface area contributed by atoms with Crippen molar-refractivity contribution in [3.8, 4) is 0 Å². The van der Waals surface area contributed by atoms with Crippen molar-refractivity contribution in [1.29, 1.82) is 0 Å². The largest absolute Gasteiger partial charge is 0.390 e. The Morgan fingerprint density at radius 2 is 1.74 bits per heavy atom. The molecule has 0 spiro atoms. The molecule has 1 nitrogen and oxygen atoms in total. The van der Waals surface area contributed by atoms with E-state index in [-0.39, 0.29) is 5.60 Å². The van der Waals surface area contributed by atoms with Crippen molar-refractivity contribution in [3.05, 3.63) is 0 Å². The summed E-state index contributed by atoms with van der Waals surface area (Å²) in [5.74, 6) is 2.29. The van der Waals surface area contributed by atoms with Gasteiger partial charge in [-0.2, -0.15) is 0 Å². The van der Waals surface area contributed by atoms with Crippen LogP contribution in [0, 0.1) is 17.8 Å². The minimum Gasteiger partial charge on any atom is -0.390 e. The van der Waals surface area contributed by atoms with Crippen LogP contribution in [0.15, 0.2) is 0 Å². The van der Waals surface area contributed by atoms with Crippen LogP contribution in [0.25, 0.3) is 0 Å². The third kappa shape index (κ3) is 3.74. The van der Waals surface area contributed by atoms with Crippen LogP contribution < -0.4 is 0 Å². The molecule has 0 aromatic rings. The lowest BCUT2D eigenvalue weighted by Gasteiger charge is -2.43. The van der Waals surface area contributed by atoms with E-state index < -0.39 is 0 Å². The van der Waals surface area contributed by atoms with Gasteiger partial charge in [-0.1, -0.05) is 65.2 Å². The number of rotatable bonds is 4. The molecule has 0 aliphatic heterocycles. The van der Waals surface area contributed by atoms with Gasteiger partial charge in [0.25, 0.3) is 0 Å². The van der Waals surface area contributed by atoms with Gasteiger partial charge in [0.05, 0.1) is 5.60 Å². The second-order valence-electron chi connectivity index (χ2n) is 7.25. The predicted octanol–water partition coefficient (Wildman–Crippen LogP) is 5.31. The van der Waals surface area contributed by atoms with Crippen molar-refractivity contribution < 1.29 is 5.11 Å². The van der Waals surface area contributed by atoms with Gasteiger partial charge >= 0.3 is 0 Å². The van der Waals surface area contributed by atoms with Gasteiger partial charge in [0, 0.05) is 0 Å². The van der Waals surface area contributed by atoms with Crippen molar-refractivity contribution >= 4 is 0 Å². The maximum atomic E-state index is 11.3. The second kappa shape index (κ2) is 7.11. The zero-order chi connectivity index (χ0) is 13.7. The Labute approximate surface area is 120 Å². The van der Waals surface area contributed by atoms with Crippen LogP contribution in [-0.4, -0.2) is 10.7 Å². The van der Waals surface area contributed by atoms with Crippen LogP contribution in [0.1, 0.15) is 90.9 Å². The highest BCUT2D eigenvalue weighted by Gasteiger charge is 2.42. The zero-order valence-electron chi connectivity index (χ0n) is 13.2. The first-order valence-corrected chi connectivity index (χ1v) is 8.92. The summed E-state index contributed by atoms with van der Waals surface area (Å²) in [5, 5.41) is 11.3. The van der Waals surface area contributed by atoms with E-state index in [4.69, 9.17) is 0 Å². The molecule has 2 rings (SSSR count). The highest BCUT2D eigenvalue weighted by Crippen LogP contribution is 2.46. The van der Waals surface area contributed by atoms with E-state index in [1.54, 1.807) is 0 Å². The Morgan fingerprint density at radius 1 is 0.947 bits per heavy atom. The molecule has 0 radical (unpaired) electrons. The summed E-state index contributed by atoms with van der Waals surface area (Å²) < 4.78 is 0. The average molecular weight is 266 g/mol. The fourth-order valence-electron chi connectivity index (χ4n) is 4.89. The molecule has 0 bridgehead atoms. The van der Waals surface area contributed by atoms with Crippen LogP contribution in [0.5, 0.6) is 0 Å². The molecule has 4 unspecified atom stereocenters. The summed E-state index contributed by atoms with van der Waals surface area (Å²) in [6, 6.07) is 0. The molecule has 1 N–H and O–H groups in total. The molecule has 112 valence electrons. The zero-order valence-corrected chi connectivity index (χ0v) is 13.2. The van der Waals surface area contributed by atoms with Gasteiger partial charge in [-0.15, -0.1) is 0 Å². The van der Waals surface area contributed by atoms with Crippen LogP contribution in [-0.2, 0) is 0 Å². The fourth-order valence-corrected chi connectivity index (χ4v) is 4.89. The van der Waals surface area contributed by atoms with Gasteiger partial charge in [-0.3, -0.25) is 0 Å². The van der Waals surface area contributed by atoms with Crippen LogP contribution in [0.3, 0.4) is 0 Å². The summed E-state index contributed by atoms with van der Waals surface area (Å²) in [7, 11) is 0. The van der Waals surface area contributed by atoms with E-state index in [0.29, 0.717) is 5.92 Å². The fraction of sp³-hybridized carbons (Fsp3) is 1.00. The smallest absolute Gasteiger partial charge is 0.0678 e. The number of hydrogen-bond donors (Lipinski definition) is 1. The first-order valence-electron chi connectivity index (χ1n) is 8.92. The summed E-state index contributed by atoms with van der Waals surface area (Å²) in [5.41, 5.74) is -0.316. The summed E-state index contributed by atoms with van der Waals surface area (Å²) in [4.78, 5) is 0. The number of aliphatic hydroxyl groups is 1. The number of hydrogen-bond acceptors (Lipinski definition) is 1. The Kier molecular flexibility index (Phi) is 5.74. The normalized spacial score (nSPS) is 40.9. The van der Waals surface area contributed by atoms with Gasteiger partial charge in [0.15, 0.2) is 0 Å². The van der Waals surface area contributed by atoms with Crippen molar-refractivity contribution in [2.45, 2.75) is 96.5 Å². The Hall–Kier alpha value is -0.0400. The lowest BCUT2D eigenvalue weighted by atomic mass is 9.66. The van der Waals surface area contributed by atoms with E-state index in [9.17, 15) is 5.11 Å². The predicted molar refractivity (Wildman–Crippen MR) is 82.2 cm³/mol. The molecule has 0 amide bonds. The molecule has 0 heterocycles. The maximum absolute atomic E-state index is 11.3. The molecular weight excluding hydrogens is 232 g/mol. The molecule has 2 fully saturated rings. The van der Waals surface area contributed by atoms with Gasteiger partial charge in [-0.25, -0.2) is 0 Å². The Bertz CT molecular complexity index is 262. The van der Waals surface area contributed by atoms with Gasteiger partial charge in [0.2, 0.25) is 0 Å². The molecular formula is C18H34O. The highest BCUT2D eigenvalue weighted by molar-refractivity contribution is 4.93. The first-order chi connectivity index (χ1) is 9.19. The Balaban J connectivity index is 2.00. The average Bonchev–Trinajstić information content (AvgIpc) is 2.63. The first kappa shape index (κ1) is 15.4. The van der Waals surface area contributed by atoms with Crippen molar-refractivity contribution in [1.82, 2.24) is 0 Å². The lowest BCUT2D eigenvalue weighted by molar-refractivity contribution is -0.0697. The minimum absolute atomic E-state index is 0.316. The van der Waals surface area contributed by atoms with Gasteiger partial charge in [0.1, 0.15) is 0 Å². The standard InChI is InChI=1S/C18H34O/c1-3-8-15-9-7-13-18(19,14-12-15)17-11-6-5-10-16(17)4-2/h15-17,19H,3-14H2,1-2H3. The van der Waals surface area contributed by atoms with Crippen LogP contribution >= 0.6 is 0 Å². The van der Waals surface area contributed by atoms with Crippen molar-refractivity contribution in [2.24, 2.45) is 17.8 Å². The summed E-state index contributed by atoms with van der Waals surface area (Å²) in [6.45, 7) is 4.62. The van der Waals surface area contributed by atoms with Crippen LogP contribution in [0.2, 0.25) is 0 Å². The lowest BCUT2D eigenvalue weighted by Crippen LogP contribution is -2.43. The molecule has 2 aliphatic carbocycles. The maximum Gasteiger partial charge on any atom is 0.0678 e. The van der Waals surface area contributed by atoms with E-state index in [0.717, 1.165) is 24.7 Å². The molecule has 4 atom stereocenters. The second-order valence-corrected chi connectivity index (χ2v) is 7.25. The van der Waals surface area contributed by atoms with E-state index >= 15 is 0 Å². The summed E-state index contributed by atoms with van der Waals surface area (Å²) >= 11 is 0. The summed E-state index contributed by atoms with van der Waals surface area (Å²) in [6.07, 6.45) is 15.4. The van der Waals surface area contributed by atoms with Crippen molar-refractivity contribution in [3.63, 3.8) is 0 Å². The molecule has 2 saturated carbocycles. The minimum atomic E-state index is -0.316. The topological polar surface area (TPSA) is 20.2 Å². The molecule has 2 aliphatic rings. The van der Waals surface area contributed by atoms with Gasteiger partial charge in [-0.05, 0) is 43.4 Å². The quantitative estimate of drug-likeness (QED) is 0.683. The molecule has 19 heavy (non-hydrogen) atoms. The monoisotopic (exact) mass is 266 g/mol. The molecule has 0 aromatic carbocycles. The molecule has 1 heteroatoms. The third-order valence-corrected chi connectivity index (χ3v) is 6.03. The van der Waals surface area contributed by atoms with E-state index in [1.807, 2.05) is 0 Å².